The van der Waals surface area contributed by atoms with E-state index in [1.807, 2.05) is 18.2 Å². The molecule has 0 unspecified atom stereocenters. The van der Waals surface area contributed by atoms with E-state index in [9.17, 15) is 8.78 Å². The maximum atomic E-state index is 13.2. The topological polar surface area (TPSA) is 28.7 Å². The molecule has 2 aromatic heterocycles. The molecule has 0 aliphatic heterocycles. The number of aromatic amines is 1. The number of nitrogens with one attached hydrogen (secondary N) is 1. The Kier molecular flexibility index (Phi) is 4.39. The molecule has 19 heavy (non-hydrogen) atoms. The molecule has 0 spiro atoms. The van der Waals surface area contributed by atoms with Gasteiger partial charge < -0.3 is 4.98 Å². The van der Waals surface area contributed by atoms with E-state index in [0.717, 1.165) is 6.07 Å². The van der Waals surface area contributed by atoms with Gasteiger partial charge in [0.1, 0.15) is 11.6 Å². The molecule has 1 aromatic carbocycles. The molecule has 3 aromatic rings. The molecule has 1 N–H and O–H groups in total. The molecule has 2 nitrogen and oxygen atoms in total. The highest BCUT2D eigenvalue weighted by molar-refractivity contribution is 5.59. The van der Waals surface area contributed by atoms with E-state index in [4.69, 9.17) is 0 Å². The zero-order valence-electron chi connectivity index (χ0n) is 10.1. The molecule has 0 bridgehead atoms. The Hall–Kier alpha value is -2.49. The molecule has 0 saturated heterocycles. The van der Waals surface area contributed by atoms with Crippen molar-refractivity contribution < 1.29 is 8.78 Å². The lowest BCUT2D eigenvalue weighted by Gasteiger charge is -1.99. The summed E-state index contributed by atoms with van der Waals surface area (Å²) in [6.45, 7) is 0. The average Bonchev–Trinajstić information content (AvgIpc) is 2.95. The fourth-order valence-corrected chi connectivity index (χ4v) is 1.52. The van der Waals surface area contributed by atoms with Gasteiger partial charge >= 0.3 is 0 Å². The molecule has 0 radical (unpaired) electrons. The summed E-state index contributed by atoms with van der Waals surface area (Å²) in [6.07, 6.45) is 5.19. The minimum atomic E-state index is -0.562. The van der Waals surface area contributed by atoms with Crippen LogP contribution in [-0.4, -0.2) is 9.97 Å². The van der Waals surface area contributed by atoms with Crippen LogP contribution in [0.3, 0.4) is 0 Å². The van der Waals surface area contributed by atoms with Crippen molar-refractivity contribution in [2.24, 2.45) is 0 Å². The molecule has 0 saturated carbocycles. The second-order valence-electron chi connectivity index (χ2n) is 3.73. The summed E-state index contributed by atoms with van der Waals surface area (Å²) in [5, 5.41) is 0. The van der Waals surface area contributed by atoms with Crippen molar-refractivity contribution in [1.29, 1.82) is 0 Å². The molecule has 0 aliphatic rings. The van der Waals surface area contributed by atoms with Crippen LogP contribution in [0.4, 0.5) is 8.78 Å². The van der Waals surface area contributed by atoms with Crippen molar-refractivity contribution in [1.82, 2.24) is 9.97 Å². The Labute approximate surface area is 109 Å². The van der Waals surface area contributed by atoms with Gasteiger partial charge in [-0.25, -0.2) is 8.78 Å². The molecular weight excluding hydrogens is 246 g/mol. The third kappa shape index (κ3) is 3.74. The van der Waals surface area contributed by atoms with Crippen LogP contribution >= 0.6 is 0 Å². The first-order valence-corrected chi connectivity index (χ1v) is 5.71. The van der Waals surface area contributed by atoms with E-state index in [1.165, 1.54) is 12.1 Å². The number of pyridine rings is 1. The normalized spacial score (nSPS) is 9.58. The van der Waals surface area contributed by atoms with Crippen molar-refractivity contribution in [3.8, 4) is 11.3 Å². The largest absolute Gasteiger partial charge is 0.361 e. The number of rotatable bonds is 1. The Balaban J connectivity index is 0.000000186. The van der Waals surface area contributed by atoms with E-state index in [-0.39, 0.29) is 0 Å². The number of H-pyrrole nitrogens is 1. The minimum absolute atomic E-state index is 0.381. The molecule has 4 heteroatoms. The first-order chi connectivity index (χ1) is 9.27. The fourth-order valence-electron chi connectivity index (χ4n) is 1.52. The van der Waals surface area contributed by atoms with E-state index < -0.39 is 11.6 Å². The monoisotopic (exact) mass is 258 g/mol. The number of hydrogen-bond donors (Lipinski definition) is 1. The average molecular weight is 258 g/mol. The van der Waals surface area contributed by atoms with Crippen LogP contribution in [0.25, 0.3) is 11.3 Å². The number of aromatic nitrogens is 2. The van der Waals surface area contributed by atoms with Crippen LogP contribution in [0.5, 0.6) is 0 Å². The summed E-state index contributed by atoms with van der Waals surface area (Å²) in [6, 6.07) is 12.7. The third-order valence-electron chi connectivity index (χ3n) is 2.39. The van der Waals surface area contributed by atoms with Crippen LogP contribution < -0.4 is 0 Å². The van der Waals surface area contributed by atoms with Gasteiger partial charge in [-0.2, -0.15) is 0 Å². The molecule has 0 fully saturated rings. The molecular formula is C15H12F2N2. The van der Waals surface area contributed by atoms with Crippen LogP contribution in [0.2, 0.25) is 0 Å². The smallest absolute Gasteiger partial charge is 0.135 e. The quantitative estimate of drug-likeness (QED) is 0.701. The van der Waals surface area contributed by atoms with Gasteiger partial charge in [-0.15, -0.1) is 0 Å². The van der Waals surface area contributed by atoms with Crippen molar-refractivity contribution in [3.63, 3.8) is 0 Å². The first kappa shape index (κ1) is 13.0. The Morgan fingerprint density at radius 3 is 2.16 bits per heavy atom. The maximum Gasteiger partial charge on any atom is 0.135 e. The molecule has 0 atom stereocenters. The number of nitrogens with zero attached hydrogens (tertiary/aromatic N) is 1. The van der Waals surface area contributed by atoms with Crippen LogP contribution in [0.1, 0.15) is 0 Å². The second-order valence-corrected chi connectivity index (χ2v) is 3.73. The summed E-state index contributed by atoms with van der Waals surface area (Å²) in [4.78, 5) is 6.64. The lowest BCUT2D eigenvalue weighted by molar-refractivity contribution is 0.585. The van der Waals surface area contributed by atoms with E-state index in [0.29, 0.717) is 11.3 Å². The lowest BCUT2D eigenvalue weighted by Crippen LogP contribution is -1.85. The molecule has 3 rings (SSSR count). The summed E-state index contributed by atoms with van der Waals surface area (Å²) < 4.78 is 25.7. The van der Waals surface area contributed by atoms with Crippen molar-refractivity contribution in [2.45, 2.75) is 0 Å². The first-order valence-electron chi connectivity index (χ1n) is 5.71. The Morgan fingerprint density at radius 2 is 1.68 bits per heavy atom. The molecule has 0 aliphatic carbocycles. The number of halogens is 2. The Morgan fingerprint density at radius 1 is 0.895 bits per heavy atom. The molecule has 0 amide bonds. The van der Waals surface area contributed by atoms with Gasteiger partial charge in [0.25, 0.3) is 0 Å². The van der Waals surface area contributed by atoms with Crippen LogP contribution in [0, 0.1) is 11.6 Å². The highest BCUT2D eigenvalue weighted by Crippen LogP contribution is 2.21. The number of hydrogen-bond acceptors (Lipinski definition) is 1. The molecule has 96 valence electrons. The fraction of sp³-hybridized carbons (Fsp3) is 0. The van der Waals surface area contributed by atoms with Gasteiger partial charge in [0, 0.05) is 35.9 Å². The van der Waals surface area contributed by atoms with Crippen molar-refractivity contribution in [2.75, 3.05) is 0 Å². The number of benzene rings is 1. The predicted octanol–water partition coefficient (Wildman–Crippen LogP) is 4.04. The zero-order valence-corrected chi connectivity index (χ0v) is 10.1. The van der Waals surface area contributed by atoms with Crippen molar-refractivity contribution >= 4 is 0 Å². The van der Waals surface area contributed by atoms with Crippen LogP contribution in [-0.2, 0) is 0 Å². The molecule has 2 heterocycles. The summed E-state index contributed by atoms with van der Waals surface area (Å²) in [7, 11) is 0. The van der Waals surface area contributed by atoms with E-state index >= 15 is 0 Å². The SMILES string of the molecule is Fc1ccc(-c2ccc[nH]2)c(F)c1.c1ccncc1. The lowest BCUT2D eigenvalue weighted by atomic mass is 10.1. The van der Waals surface area contributed by atoms with Gasteiger partial charge in [0.15, 0.2) is 0 Å². The second kappa shape index (κ2) is 6.44. The minimum Gasteiger partial charge on any atom is -0.361 e. The summed E-state index contributed by atoms with van der Waals surface area (Å²) in [5.41, 5.74) is 1.03. The van der Waals surface area contributed by atoms with Gasteiger partial charge in [-0.1, -0.05) is 6.07 Å². The predicted molar refractivity (Wildman–Crippen MR) is 70.4 cm³/mol. The summed E-state index contributed by atoms with van der Waals surface area (Å²) >= 11 is 0. The summed E-state index contributed by atoms with van der Waals surface area (Å²) in [5.74, 6) is -1.12. The zero-order chi connectivity index (χ0) is 13.5. The van der Waals surface area contributed by atoms with E-state index in [1.54, 1.807) is 30.7 Å². The van der Waals surface area contributed by atoms with Gasteiger partial charge in [0.2, 0.25) is 0 Å². The van der Waals surface area contributed by atoms with Gasteiger partial charge in [0.05, 0.1) is 0 Å². The van der Waals surface area contributed by atoms with Crippen LogP contribution in [0.15, 0.2) is 67.1 Å². The highest BCUT2D eigenvalue weighted by atomic mass is 19.1. The van der Waals surface area contributed by atoms with Crippen molar-refractivity contribution in [3.05, 3.63) is 78.8 Å². The Bertz CT molecular complexity index is 581. The third-order valence-corrected chi connectivity index (χ3v) is 2.39. The van der Waals surface area contributed by atoms with Gasteiger partial charge in [-0.3, -0.25) is 4.98 Å². The standard InChI is InChI=1S/C10H7F2N.C5H5N/c11-7-3-4-8(9(12)6-7)10-2-1-5-13-10;1-2-4-6-5-3-1/h1-6,13H;1-5H. The highest BCUT2D eigenvalue weighted by Gasteiger charge is 2.05. The van der Waals surface area contributed by atoms with Gasteiger partial charge in [-0.05, 0) is 36.4 Å². The van der Waals surface area contributed by atoms with E-state index in [2.05, 4.69) is 9.97 Å². The maximum absolute atomic E-state index is 13.2.